The number of benzene rings is 2. The maximum absolute atomic E-state index is 5.26. The van der Waals surface area contributed by atoms with Gasteiger partial charge in [0.1, 0.15) is 11.5 Å². The number of aryl methyl sites for hydroxylation is 1. The van der Waals surface area contributed by atoms with E-state index in [-0.39, 0.29) is 0 Å². The van der Waals surface area contributed by atoms with E-state index in [4.69, 9.17) is 19.4 Å². The number of rotatable bonds is 5. The zero-order valence-electron chi connectivity index (χ0n) is 15.0. The van der Waals surface area contributed by atoms with E-state index < -0.39 is 0 Å². The first-order valence-electron chi connectivity index (χ1n) is 8.32. The summed E-state index contributed by atoms with van der Waals surface area (Å²) in [5, 5.41) is 0. The van der Waals surface area contributed by atoms with Crippen molar-refractivity contribution in [1.29, 1.82) is 0 Å². The number of nitrogens with zero attached hydrogens (tertiary/aromatic N) is 2. The highest BCUT2D eigenvalue weighted by Crippen LogP contribution is 2.29. The lowest BCUT2D eigenvalue weighted by atomic mass is 10.0. The van der Waals surface area contributed by atoms with Crippen LogP contribution in [-0.4, -0.2) is 24.2 Å². The molecule has 2 aromatic carbocycles. The molecule has 1 aromatic heterocycles. The topological polar surface area (TPSA) is 44.2 Å². The molecule has 0 saturated carbocycles. The molecule has 0 aliphatic heterocycles. The SMILES string of the molecule is CCc1c(C)nc(-c2ccc(OC)cc2)nc1-c1ccc(OC)cc1. The molecule has 0 saturated heterocycles. The molecule has 128 valence electrons. The summed E-state index contributed by atoms with van der Waals surface area (Å²) in [5.74, 6) is 2.38. The first-order chi connectivity index (χ1) is 12.2. The van der Waals surface area contributed by atoms with Gasteiger partial charge in [0.25, 0.3) is 0 Å². The molecule has 0 spiro atoms. The van der Waals surface area contributed by atoms with Gasteiger partial charge in [-0.3, -0.25) is 0 Å². The summed E-state index contributed by atoms with van der Waals surface area (Å²) in [6, 6.07) is 15.8. The lowest BCUT2D eigenvalue weighted by molar-refractivity contribution is 0.415. The van der Waals surface area contributed by atoms with Crippen LogP contribution in [0, 0.1) is 6.92 Å². The molecular formula is C21H22N2O2. The lowest BCUT2D eigenvalue weighted by Crippen LogP contribution is -2.02. The Bertz CT molecular complexity index is 856. The summed E-state index contributed by atoms with van der Waals surface area (Å²) in [5.41, 5.74) is 5.19. The zero-order valence-corrected chi connectivity index (χ0v) is 15.0. The Morgan fingerprint density at radius 3 is 1.76 bits per heavy atom. The van der Waals surface area contributed by atoms with E-state index in [1.165, 1.54) is 5.56 Å². The Labute approximate surface area is 148 Å². The summed E-state index contributed by atoms with van der Waals surface area (Å²) in [7, 11) is 3.33. The largest absolute Gasteiger partial charge is 0.497 e. The van der Waals surface area contributed by atoms with Crippen LogP contribution < -0.4 is 9.47 Å². The number of hydrogen-bond donors (Lipinski definition) is 0. The minimum atomic E-state index is 0.725. The third-order valence-corrected chi connectivity index (χ3v) is 4.28. The van der Waals surface area contributed by atoms with Crippen LogP contribution >= 0.6 is 0 Å². The van der Waals surface area contributed by atoms with Crippen LogP contribution in [0.4, 0.5) is 0 Å². The monoisotopic (exact) mass is 334 g/mol. The van der Waals surface area contributed by atoms with E-state index in [2.05, 4.69) is 6.92 Å². The Balaban J connectivity index is 2.10. The molecule has 4 nitrogen and oxygen atoms in total. The van der Waals surface area contributed by atoms with Gasteiger partial charge in [0.05, 0.1) is 19.9 Å². The van der Waals surface area contributed by atoms with Gasteiger partial charge < -0.3 is 9.47 Å². The Hall–Kier alpha value is -2.88. The van der Waals surface area contributed by atoms with Crippen LogP contribution in [0.2, 0.25) is 0 Å². The van der Waals surface area contributed by atoms with Gasteiger partial charge in [-0.15, -0.1) is 0 Å². The van der Waals surface area contributed by atoms with Crippen molar-refractivity contribution in [3.05, 3.63) is 59.8 Å². The third kappa shape index (κ3) is 3.48. The van der Waals surface area contributed by atoms with Gasteiger partial charge >= 0.3 is 0 Å². The summed E-state index contributed by atoms with van der Waals surface area (Å²) in [4.78, 5) is 9.58. The van der Waals surface area contributed by atoms with Crippen molar-refractivity contribution >= 4 is 0 Å². The Morgan fingerprint density at radius 1 is 0.760 bits per heavy atom. The highest BCUT2D eigenvalue weighted by Gasteiger charge is 2.13. The van der Waals surface area contributed by atoms with Crippen LogP contribution in [0.5, 0.6) is 11.5 Å². The highest BCUT2D eigenvalue weighted by molar-refractivity contribution is 5.68. The molecule has 0 bridgehead atoms. The zero-order chi connectivity index (χ0) is 17.8. The molecule has 3 rings (SSSR count). The molecule has 0 aliphatic rings. The Kier molecular flexibility index (Phi) is 4.98. The number of ether oxygens (including phenoxy) is 2. The molecule has 3 aromatic rings. The second kappa shape index (κ2) is 7.34. The highest BCUT2D eigenvalue weighted by atomic mass is 16.5. The first-order valence-corrected chi connectivity index (χ1v) is 8.32. The predicted molar refractivity (Wildman–Crippen MR) is 100 cm³/mol. The van der Waals surface area contributed by atoms with Crippen LogP contribution in [0.1, 0.15) is 18.2 Å². The summed E-state index contributed by atoms with van der Waals surface area (Å²) in [6.07, 6.45) is 0.885. The Morgan fingerprint density at radius 2 is 1.28 bits per heavy atom. The smallest absolute Gasteiger partial charge is 0.160 e. The summed E-state index contributed by atoms with van der Waals surface area (Å²) >= 11 is 0. The normalized spacial score (nSPS) is 10.6. The quantitative estimate of drug-likeness (QED) is 0.678. The van der Waals surface area contributed by atoms with Crippen LogP contribution in [0.25, 0.3) is 22.6 Å². The van der Waals surface area contributed by atoms with Crippen molar-refractivity contribution < 1.29 is 9.47 Å². The molecule has 0 amide bonds. The number of methoxy groups -OCH3 is 2. The van der Waals surface area contributed by atoms with Gasteiger partial charge in [0.15, 0.2) is 5.82 Å². The van der Waals surface area contributed by atoms with Crippen molar-refractivity contribution in [2.24, 2.45) is 0 Å². The van der Waals surface area contributed by atoms with E-state index in [0.717, 1.165) is 46.3 Å². The second-order valence-electron chi connectivity index (χ2n) is 5.77. The van der Waals surface area contributed by atoms with Crippen molar-refractivity contribution in [3.8, 4) is 34.1 Å². The number of aromatic nitrogens is 2. The summed E-state index contributed by atoms with van der Waals surface area (Å²) < 4.78 is 10.5. The molecule has 0 N–H and O–H groups in total. The van der Waals surface area contributed by atoms with Gasteiger partial charge in [-0.05, 0) is 67.4 Å². The fraction of sp³-hybridized carbons (Fsp3) is 0.238. The maximum Gasteiger partial charge on any atom is 0.160 e. The van der Waals surface area contributed by atoms with Crippen molar-refractivity contribution in [2.75, 3.05) is 14.2 Å². The van der Waals surface area contributed by atoms with Gasteiger partial charge in [0.2, 0.25) is 0 Å². The first kappa shape index (κ1) is 17.0. The van der Waals surface area contributed by atoms with Crippen LogP contribution in [0.3, 0.4) is 0 Å². The molecule has 4 heteroatoms. The van der Waals surface area contributed by atoms with Gasteiger partial charge in [-0.2, -0.15) is 0 Å². The minimum Gasteiger partial charge on any atom is -0.497 e. The van der Waals surface area contributed by atoms with Crippen LogP contribution in [-0.2, 0) is 6.42 Å². The lowest BCUT2D eigenvalue weighted by Gasteiger charge is -2.13. The fourth-order valence-electron chi connectivity index (χ4n) is 2.88. The van der Waals surface area contributed by atoms with Gasteiger partial charge in [0, 0.05) is 16.8 Å². The van der Waals surface area contributed by atoms with E-state index in [0.29, 0.717) is 0 Å². The molecule has 0 radical (unpaired) electrons. The van der Waals surface area contributed by atoms with E-state index in [1.54, 1.807) is 14.2 Å². The number of hydrogen-bond acceptors (Lipinski definition) is 4. The minimum absolute atomic E-state index is 0.725. The molecule has 1 heterocycles. The molecule has 0 unspecified atom stereocenters. The summed E-state index contributed by atoms with van der Waals surface area (Å²) in [6.45, 7) is 4.17. The van der Waals surface area contributed by atoms with Gasteiger partial charge in [-0.1, -0.05) is 6.92 Å². The standard InChI is InChI=1S/C21H22N2O2/c1-5-19-14(2)22-21(16-8-12-18(25-4)13-9-16)23-20(19)15-6-10-17(24-3)11-7-15/h6-13H,5H2,1-4H3. The van der Waals surface area contributed by atoms with Crippen molar-refractivity contribution in [2.45, 2.75) is 20.3 Å². The average Bonchev–Trinajstić information content (AvgIpc) is 2.67. The average molecular weight is 334 g/mol. The van der Waals surface area contributed by atoms with E-state index in [1.807, 2.05) is 55.5 Å². The van der Waals surface area contributed by atoms with Crippen molar-refractivity contribution in [1.82, 2.24) is 9.97 Å². The van der Waals surface area contributed by atoms with Crippen LogP contribution in [0.15, 0.2) is 48.5 Å². The van der Waals surface area contributed by atoms with E-state index in [9.17, 15) is 0 Å². The molecule has 0 aliphatic carbocycles. The molecule has 0 fully saturated rings. The molecule has 0 atom stereocenters. The molecular weight excluding hydrogens is 312 g/mol. The molecule has 25 heavy (non-hydrogen) atoms. The third-order valence-electron chi connectivity index (χ3n) is 4.28. The second-order valence-corrected chi connectivity index (χ2v) is 5.77. The predicted octanol–water partition coefficient (Wildman–Crippen LogP) is 4.70. The van der Waals surface area contributed by atoms with Crippen molar-refractivity contribution in [3.63, 3.8) is 0 Å². The fourth-order valence-corrected chi connectivity index (χ4v) is 2.88. The van der Waals surface area contributed by atoms with E-state index >= 15 is 0 Å². The maximum atomic E-state index is 5.26. The van der Waals surface area contributed by atoms with Gasteiger partial charge in [-0.25, -0.2) is 9.97 Å².